The maximum Gasteiger partial charge on any atom is 0.337 e. The third-order valence-corrected chi connectivity index (χ3v) is 2.26. The summed E-state index contributed by atoms with van der Waals surface area (Å²) >= 11 is 0. The van der Waals surface area contributed by atoms with Gasteiger partial charge in [-0.25, -0.2) is 9.78 Å². The molecule has 4 nitrogen and oxygen atoms in total. The molecule has 0 bridgehead atoms. The van der Waals surface area contributed by atoms with Crippen molar-refractivity contribution in [3.05, 3.63) is 29.6 Å². The van der Waals surface area contributed by atoms with Crippen molar-refractivity contribution in [2.45, 2.75) is 6.92 Å². The number of aromatic carboxylic acids is 1. The fraction of sp³-hybridized carbons (Fsp3) is 0.200. The summed E-state index contributed by atoms with van der Waals surface area (Å²) < 4.78 is 1.89. The molecule has 0 atom stereocenters. The van der Waals surface area contributed by atoms with Crippen molar-refractivity contribution in [2.75, 3.05) is 0 Å². The maximum atomic E-state index is 10.7. The predicted molar refractivity (Wildman–Crippen MR) is 52.4 cm³/mol. The van der Waals surface area contributed by atoms with Crippen molar-refractivity contribution >= 4 is 17.0 Å². The van der Waals surface area contributed by atoms with E-state index in [9.17, 15) is 4.79 Å². The van der Waals surface area contributed by atoms with Crippen LogP contribution in [0.15, 0.2) is 18.5 Å². The fourth-order valence-corrected chi connectivity index (χ4v) is 1.57. The Morgan fingerprint density at radius 1 is 1.57 bits per heavy atom. The summed E-state index contributed by atoms with van der Waals surface area (Å²) in [5, 5.41) is 9.69. The van der Waals surface area contributed by atoms with Crippen LogP contribution in [-0.4, -0.2) is 20.6 Å². The number of fused-ring (bicyclic) bond motifs is 1. The monoisotopic (exact) mass is 190 g/mol. The van der Waals surface area contributed by atoms with Gasteiger partial charge in [-0.1, -0.05) is 0 Å². The molecule has 2 aromatic heterocycles. The SMILES string of the molecule is Cc1cn(C)c2ncc(C(=O)O)cc12. The molecule has 0 saturated heterocycles. The Kier molecular flexibility index (Phi) is 1.77. The van der Waals surface area contributed by atoms with Crippen molar-refractivity contribution in [2.24, 2.45) is 7.05 Å². The van der Waals surface area contributed by atoms with Crippen LogP contribution >= 0.6 is 0 Å². The molecule has 2 rings (SSSR count). The molecule has 14 heavy (non-hydrogen) atoms. The minimum Gasteiger partial charge on any atom is -0.478 e. The molecule has 72 valence electrons. The highest BCUT2D eigenvalue weighted by molar-refractivity contribution is 5.92. The Hall–Kier alpha value is -1.84. The molecular formula is C10H10N2O2. The number of pyridine rings is 1. The minimum atomic E-state index is -0.942. The average molecular weight is 190 g/mol. The quantitative estimate of drug-likeness (QED) is 0.742. The van der Waals surface area contributed by atoms with Gasteiger partial charge in [-0.2, -0.15) is 0 Å². The smallest absolute Gasteiger partial charge is 0.337 e. The molecule has 2 heterocycles. The van der Waals surface area contributed by atoms with E-state index >= 15 is 0 Å². The molecule has 0 saturated carbocycles. The second-order valence-corrected chi connectivity index (χ2v) is 3.32. The number of aryl methyl sites for hydroxylation is 2. The first-order valence-electron chi connectivity index (χ1n) is 4.24. The Balaban J connectivity index is 2.77. The number of carboxylic acids is 1. The highest BCUT2D eigenvalue weighted by atomic mass is 16.4. The topological polar surface area (TPSA) is 55.1 Å². The van der Waals surface area contributed by atoms with Crippen LogP contribution in [0, 0.1) is 6.92 Å². The fourth-order valence-electron chi connectivity index (χ4n) is 1.57. The van der Waals surface area contributed by atoms with E-state index in [-0.39, 0.29) is 5.56 Å². The van der Waals surface area contributed by atoms with Crippen molar-refractivity contribution in [3.8, 4) is 0 Å². The predicted octanol–water partition coefficient (Wildman–Crippen LogP) is 1.58. The molecular weight excluding hydrogens is 180 g/mol. The van der Waals surface area contributed by atoms with Crippen LogP contribution in [0.1, 0.15) is 15.9 Å². The van der Waals surface area contributed by atoms with Crippen molar-refractivity contribution in [3.63, 3.8) is 0 Å². The van der Waals surface area contributed by atoms with E-state index < -0.39 is 5.97 Å². The third-order valence-electron chi connectivity index (χ3n) is 2.26. The van der Waals surface area contributed by atoms with E-state index in [2.05, 4.69) is 4.98 Å². The molecule has 0 amide bonds. The molecule has 0 aliphatic heterocycles. The Morgan fingerprint density at radius 2 is 2.29 bits per heavy atom. The highest BCUT2D eigenvalue weighted by Gasteiger charge is 2.08. The summed E-state index contributed by atoms with van der Waals surface area (Å²) in [6, 6.07) is 1.65. The minimum absolute atomic E-state index is 0.229. The normalized spacial score (nSPS) is 10.7. The second-order valence-electron chi connectivity index (χ2n) is 3.32. The number of aromatic nitrogens is 2. The van der Waals surface area contributed by atoms with Gasteiger partial charge >= 0.3 is 5.97 Å². The van der Waals surface area contributed by atoms with Gasteiger partial charge in [-0.15, -0.1) is 0 Å². The molecule has 0 radical (unpaired) electrons. The Bertz CT molecular complexity index is 514. The van der Waals surface area contributed by atoms with Crippen LogP contribution in [0.2, 0.25) is 0 Å². The average Bonchev–Trinajstić information content (AvgIpc) is 2.42. The Labute approximate surface area is 80.8 Å². The van der Waals surface area contributed by atoms with Crippen molar-refractivity contribution < 1.29 is 9.90 Å². The first kappa shape index (κ1) is 8.74. The van der Waals surface area contributed by atoms with Crippen LogP contribution < -0.4 is 0 Å². The number of rotatable bonds is 1. The van der Waals surface area contributed by atoms with E-state index in [0.717, 1.165) is 16.6 Å². The molecule has 0 aromatic carbocycles. The molecule has 0 unspecified atom stereocenters. The lowest BCUT2D eigenvalue weighted by molar-refractivity contribution is 0.0696. The van der Waals surface area contributed by atoms with Crippen LogP contribution in [-0.2, 0) is 7.05 Å². The molecule has 0 aliphatic rings. The Morgan fingerprint density at radius 3 is 2.93 bits per heavy atom. The summed E-state index contributed by atoms with van der Waals surface area (Å²) in [5.41, 5.74) is 2.08. The summed E-state index contributed by atoms with van der Waals surface area (Å²) in [7, 11) is 1.89. The molecule has 0 aliphatic carbocycles. The number of nitrogens with zero attached hydrogens (tertiary/aromatic N) is 2. The highest BCUT2D eigenvalue weighted by Crippen LogP contribution is 2.18. The van der Waals surface area contributed by atoms with Gasteiger partial charge in [0.2, 0.25) is 0 Å². The second kappa shape index (κ2) is 2.83. The van der Waals surface area contributed by atoms with E-state index in [4.69, 9.17) is 5.11 Å². The van der Waals surface area contributed by atoms with Gasteiger partial charge in [-0.3, -0.25) is 0 Å². The number of carboxylic acid groups (broad SMARTS) is 1. The van der Waals surface area contributed by atoms with Crippen LogP contribution in [0.3, 0.4) is 0 Å². The summed E-state index contributed by atoms with van der Waals surface area (Å²) in [6.07, 6.45) is 3.31. The van der Waals surface area contributed by atoms with Gasteiger partial charge in [0.25, 0.3) is 0 Å². The zero-order valence-corrected chi connectivity index (χ0v) is 7.98. The lowest BCUT2D eigenvalue weighted by Gasteiger charge is -1.96. The molecule has 2 aromatic rings. The van der Waals surface area contributed by atoms with E-state index in [1.807, 2.05) is 24.7 Å². The van der Waals surface area contributed by atoms with Gasteiger partial charge < -0.3 is 9.67 Å². The zero-order valence-electron chi connectivity index (χ0n) is 7.98. The summed E-state index contributed by atoms with van der Waals surface area (Å²) in [5.74, 6) is -0.942. The van der Waals surface area contributed by atoms with Crippen molar-refractivity contribution in [1.29, 1.82) is 0 Å². The summed E-state index contributed by atoms with van der Waals surface area (Å²) in [4.78, 5) is 14.8. The van der Waals surface area contributed by atoms with E-state index in [0.29, 0.717) is 0 Å². The third kappa shape index (κ3) is 1.16. The van der Waals surface area contributed by atoms with Gasteiger partial charge in [0.05, 0.1) is 5.56 Å². The zero-order chi connectivity index (χ0) is 10.3. The molecule has 4 heteroatoms. The number of hydrogen-bond acceptors (Lipinski definition) is 2. The van der Waals surface area contributed by atoms with Crippen molar-refractivity contribution in [1.82, 2.24) is 9.55 Å². The number of carbonyl (C=O) groups is 1. The first-order valence-corrected chi connectivity index (χ1v) is 4.24. The summed E-state index contributed by atoms with van der Waals surface area (Å²) in [6.45, 7) is 1.94. The van der Waals surface area contributed by atoms with Gasteiger partial charge in [0.1, 0.15) is 5.65 Å². The van der Waals surface area contributed by atoms with Gasteiger partial charge in [0.15, 0.2) is 0 Å². The van der Waals surface area contributed by atoms with Gasteiger partial charge in [-0.05, 0) is 18.6 Å². The van der Waals surface area contributed by atoms with Crippen LogP contribution in [0.4, 0.5) is 0 Å². The van der Waals surface area contributed by atoms with E-state index in [1.165, 1.54) is 6.20 Å². The maximum absolute atomic E-state index is 10.7. The number of hydrogen-bond donors (Lipinski definition) is 1. The molecule has 1 N–H and O–H groups in total. The molecule has 0 spiro atoms. The first-order chi connectivity index (χ1) is 6.59. The van der Waals surface area contributed by atoms with Crippen LogP contribution in [0.25, 0.3) is 11.0 Å². The molecule has 0 fully saturated rings. The lowest BCUT2D eigenvalue weighted by Crippen LogP contribution is -1.97. The van der Waals surface area contributed by atoms with Gasteiger partial charge in [0, 0.05) is 24.8 Å². The lowest BCUT2D eigenvalue weighted by atomic mass is 10.2. The standard InChI is InChI=1S/C10H10N2O2/c1-6-5-12(2)9-8(6)3-7(4-11-9)10(13)14/h3-5H,1-2H3,(H,13,14). The van der Waals surface area contributed by atoms with Crippen LogP contribution in [0.5, 0.6) is 0 Å². The largest absolute Gasteiger partial charge is 0.478 e. The van der Waals surface area contributed by atoms with E-state index in [1.54, 1.807) is 6.07 Å².